The number of carbonyl (C=O) groups excluding carboxylic acids is 2. The molecule has 1 saturated heterocycles. The van der Waals surface area contributed by atoms with Crippen LogP contribution in [0.25, 0.3) is 0 Å². The second-order valence-corrected chi connectivity index (χ2v) is 9.38. The Bertz CT molecular complexity index is 917. The molecule has 1 saturated carbocycles. The van der Waals surface area contributed by atoms with Crippen molar-refractivity contribution < 1.29 is 19.1 Å². The lowest BCUT2D eigenvalue weighted by Crippen LogP contribution is -2.58. The number of hydrogen-bond acceptors (Lipinski definition) is 4. The molecule has 0 aromatic carbocycles. The minimum Gasteiger partial charge on any atom is -0.427 e. The largest absolute Gasteiger partial charge is 0.427 e. The van der Waals surface area contributed by atoms with Gasteiger partial charge in [0.05, 0.1) is 11.0 Å². The van der Waals surface area contributed by atoms with E-state index >= 15 is 0 Å². The Balaban J connectivity index is 1.74. The summed E-state index contributed by atoms with van der Waals surface area (Å²) in [5.41, 5.74) is 1.74. The summed E-state index contributed by atoms with van der Waals surface area (Å²) in [6.07, 6.45) is 14.0. The summed E-state index contributed by atoms with van der Waals surface area (Å²) in [6, 6.07) is 0. The van der Waals surface area contributed by atoms with Gasteiger partial charge in [0.2, 0.25) is 0 Å². The third-order valence-electron chi connectivity index (χ3n) is 8.15. The molecule has 0 N–H and O–H groups in total. The molecule has 2 fully saturated rings. The van der Waals surface area contributed by atoms with Crippen LogP contribution in [0.4, 0.5) is 0 Å². The van der Waals surface area contributed by atoms with Crippen LogP contribution >= 0.6 is 0 Å². The molecule has 4 nitrogen and oxygen atoms in total. The molecule has 2 bridgehead atoms. The maximum absolute atomic E-state index is 13.2. The minimum absolute atomic E-state index is 0.204. The Morgan fingerprint density at radius 1 is 1.07 bits per heavy atom. The summed E-state index contributed by atoms with van der Waals surface area (Å²) < 4.78 is 11.7. The van der Waals surface area contributed by atoms with Crippen LogP contribution in [0.1, 0.15) is 72.1 Å². The predicted octanol–water partition coefficient (Wildman–Crippen LogP) is 5.52. The molecular formula is C25H30O4. The lowest BCUT2D eigenvalue weighted by atomic mass is 9.39. The highest BCUT2D eigenvalue weighted by atomic mass is 16.5. The second-order valence-electron chi connectivity index (χ2n) is 9.38. The maximum Gasteiger partial charge on any atom is 0.340 e. The highest BCUT2D eigenvalue weighted by Crippen LogP contribution is 2.74. The molecular weight excluding hydrogens is 364 g/mol. The van der Waals surface area contributed by atoms with Gasteiger partial charge in [-0.25, -0.2) is 9.59 Å². The molecule has 0 aromatic heterocycles. The van der Waals surface area contributed by atoms with E-state index in [0.717, 1.165) is 79.6 Å². The first kappa shape index (κ1) is 18.9. The minimum atomic E-state index is -0.515. The topological polar surface area (TPSA) is 52.6 Å². The molecule has 2 aliphatic heterocycles. The summed E-state index contributed by atoms with van der Waals surface area (Å²) in [4.78, 5) is 26.1. The van der Waals surface area contributed by atoms with Gasteiger partial charge >= 0.3 is 11.9 Å². The molecule has 154 valence electrons. The molecule has 6 aliphatic rings. The summed E-state index contributed by atoms with van der Waals surface area (Å²) in [5, 5.41) is 0. The fourth-order valence-corrected chi connectivity index (χ4v) is 6.92. The van der Waals surface area contributed by atoms with Crippen molar-refractivity contribution in [2.45, 2.75) is 72.1 Å². The zero-order valence-electron chi connectivity index (χ0n) is 17.7. The van der Waals surface area contributed by atoms with Gasteiger partial charge in [-0.05, 0) is 62.5 Å². The number of carbonyl (C=O) groups is 2. The van der Waals surface area contributed by atoms with Crippen LogP contribution in [0.5, 0.6) is 0 Å². The highest BCUT2D eigenvalue weighted by molar-refractivity contribution is 6.00. The van der Waals surface area contributed by atoms with Gasteiger partial charge in [0.1, 0.15) is 11.5 Å². The lowest BCUT2D eigenvalue weighted by Gasteiger charge is -2.61. The Kier molecular flexibility index (Phi) is 4.20. The summed E-state index contributed by atoms with van der Waals surface area (Å²) in [6.45, 7) is 6.48. The zero-order chi connectivity index (χ0) is 20.4. The normalized spacial score (nSPS) is 40.0. The van der Waals surface area contributed by atoms with E-state index in [4.69, 9.17) is 9.47 Å². The van der Waals surface area contributed by atoms with E-state index in [-0.39, 0.29) is 11.9 Å². The lowest BCUT2D eigenvalue weighted by molar-refractivity contribution is -0.137. The predicted molar refractivity (Wildman–Crippen MR) is 109 cm³/mol. The van der Waals surface area contributed by atoms with Crippen LogP contribution < -0.4 is 0 Å². The average Bonchev–Trinajstić information content (AvgIpc) is 3.20. The number of ether oxygens (including phenoxy) is 2. The van der Waals surface area contributed by atoms with Crippen LogP contribution in [0, 0.1) is 22.7 Å². The number of unbranched alkanes of at least 4 members (excludes halogenated alkanes) is 2. The monoisotopic (exact) mass is 394 g/mol. The van der Waals surface area contributed by atoms with Gasteiger partial charge in [0.15, 0.2) is 0 Å². The number of cyclic esters (lactones) is 2. The first-order valence-electron chi connectivity index (χ1n) is 11.3. The maximum atomic E-state index is 13.2. The van der Waals surface area contributed by atoms with Crippen molar-refractivity contribution in [2.75, 3.05) is 0 Å². The fraction of sp³-hybridized carbons (Fsp3) is 0.600. The van der Waals surface area contributed by atoms with Crippen molar-refractivity contribution in [2.24, 2.45) is 22.7 Å². The molecule has 4 aliphatic carbocycles. The van der Waals surface area contributed by atoms with Gasteiger partial charge in [-0.15, -0.1) is 0 Å². The van der Waals surface area contributed by atoms with E-state index in [0.29, 0.717) is 11.8 Å². The van der Waals surface area contributed by atoms with Gasteiger partial charge in [0.25, 0.3) is 0 Å². The first-order valence-corrected chi connectivity index (χ1v) is 11.3. The van der Waals surface area contributed by atoms with E-state index in [9.17, 15) is 9.59 Å². The van der Waals surface area contributed by atoms with Gasteiger partial charge < -0.3 is 9.47 Å². The third kappa shape index (κ3) is 2.21. The van der Waals surface area contributed by atoms with Crippen LogP contribution in [-0.2, 0) is 19.1 Å². The van der Waals surface area contributed by atoms with Crippen LogP contribution in [0.3, 0.4) is 0 Å². The van der Waals surface area contributed by atoms with E-state index < -0.39 is 10.8 Å². The van der Waals surface area contributed by atoms with Crippen molar-refractivity contribution in [1.29, 1.82) is 0 Å². The number of esters is 2. The van der Waals surface area contributed by atoms with E-state index in [1.54, 1.807) is 0 Å². The molecule has 0 aromatic rings. The highest BCUT2D eigenvalue weighted by Gasteiger charge is 2.72. The fourth-order valence-electron chi connectivity index (χ4n) is 6.92. The molecule has 4 heteroatoms. The molecule has 4 atom stereocenters. The zero-order valence-corrected chi connectivity index (χ0v) is 17.7. The molecule has 29 heavy (non-hydrogen) atoms. The number of hydrogen-bond donors (Lipinski definition) is 0. The van der Waals surface area contributed by atoms with Crippen molar-refractivity contribution in [3.63, 3.8) is 0 Å². The Morgan fingerprint density at radius 2 is 1.83 bits per heavy atom. The van der Waals surface area contributed by atoms with Gasteiger partial charge in [0, 0.05) is 16.6 Å². The van der Waals surface area contributed by atoms with Gasteiger partial charge in [-0.1, -0.05) is 39.7 Å². The van der Waals surface area contributed by atoms with Crippen LogP contribution in [0.15, 0.2) is 46.5 Å². The van der Waals surface area contributed by atoms with Crippen molar-refractivity contribution in [3.05, 3.63) is 46.5 Å². The smallest absolute Gasteiger partial charge is 0.340 e. The van der Waals surface area contributed by atoms with Crippen molar-refractivity contribution in [1.82, 2.24) is 0 Å². The van der Waals surface area contributed by atoms with Crippen LogP contribution in [0.2, 0.25) is 0 Å². The quantitative estimate of drug-likeness (QED) is 0.589. The van der Waals surface area contributed by atoms with Crippen molar-refractivity contribution in [3.8, 4) is 0 Å². The Labute approximate surface area is 172 Å². The van der Waals surface area contributed by atoms with E-state index in [1.165, 1.54) is 0 Å². The van der Waals surface area contributed by atoms with Gasteiger partial charge in [-0.2, -0.15) is 0 Å². The number of allylic oxidation sites excluding steroid dienone is 5. The Morgan fingerprint density at radius 3 is 2.59 bits per heavy atom. The van der Waals surface area contributed by atoms with Gasteiger partial charge in [-0.3, -0.25) is 0 Å². The molecule has 2 unspecified atom stereocenters. The second kappa shape index (κ2) is 6.45. The standard InChI is InChI=1S/C25H30O4/c1-4-6-8-19-16-10-11-17-15-12-13-25(24(17,3)21(16)23(27)28-19)18(14-15)22(26)29-20(25)9-7-5-2/h8-9,14-15,17H,4-7,10-13H2,1-3H3/b19-8-,20-9-/t15-,17?,24?,25+/m1/s1. The number of rotatable bonds is 4. The summed E-state index contributed by atoms with van der Waals surface area (Å²) in [7, 11) is 0. The molecule has 0 amide bonds. The summed E-state index contributed by atoms with van der Waals surface area (Å²) >= 11 is 0. The molecule has 0 radical (unpaired) electrons. The molecule has 2 heterocycles. The SMILES string of the molecule is CCC/C=C1\OC(=O)C2=C1CCC1[C@H]3C=C4C(=O)O/C(=C\CCC)[C@@]4(CC3)C21C. The number of fused-ring (bicyclic) bond motifs is 1. The average molecular weight is 395 g/mol. The molecule has 1 spiro atoms. The Hall–Kier alpha value is -2.10. The third-order valence-corrected chi connectivity index (χ3v) is 8.15. The summed E-state index contributed by atoms with van der Waals surface area (Å²) in [5.74, 6) is 1.81. The van der Waals surface area contributed by atoms with Crippen LogP contribution in [-0.4, -0.2) is 11.9 Å². The van der Waals surface area contributed by atoms with Crippen molar-refractivity contribution >= 4 is 11.9 Å². The van der Waals surface area contributed by atoms with E-state index in [2.05, 4.69) is 39.0 Å². The molecule has 6 rings (SSSR count). The first-order chi connectivity index (χ1) is 14.0. The van der Waals surface area contributed by atoms with E-state index in [1.807, 2.05) is 0 Å².